The van der Waals surface area contributed by atoms with Crippen LogP contribution in [0.5, 0.6) is 0 Å². The smallest absolute Gasteiger partial charge is 0.248 e. The van der Waals surface area contributed by atoms with Crippen molar-refractivity contribution in [1.82, 2.24) is 10.2 Å². The molecule has 1 rings (SSSR count). The van der Waals surface area contributed by atoms with Crippen LogP contribution in [0, 0.1) is 0 Å². The Morgan fingerprint density at radius 1 is 1.47 bits per heavy atom. The lowest BCUT2D eigenvalue weighted by Crippen LogP contribution is -2.64. The third-order valence-electron chi connectivity index (χ3n) is 2.26. The largest absolute Gasteiger partial charge is 0.341 e. The molecule has 0 aromatic heterocycles. The molecule has 6 heteroatoms. The molecule has 0 aliphatic carbocycles. The van der Waals surface area contributed by atoms with Gasteiger partial charge in [-0.1, -0.05) is 0 Å². The van der Waals surface area contributed by atoms with Crippen LogP contribution in [0.25, 0.3) is 0 Å². The minimum atomic E-state index is -0.944. The molecule has 1 saturated heterocycles. The maximum absolute atomic E-state index is 11.8. The van der Waals surface area contributed by atoms with Gasteiger partial charge in [0, 0.05) is 29.4 Å². The van der Waals surface area contributed by atoms with Gasteiger partial charge < -0.3 is 10.2 Å². The molecule has 0 radical (unpaired) electrons. The summed E-state index contributed by atoms with van der Waals surface area (Å²) in [4.78, 5) is 24.6. The molecule has 15 heavy (non-hydrogen) atoms. The van der Waals surface area contributed by atoms with Gasteiger partial charge in [0.2, 0.25) is 11.8 Å². The van der Waals surface area contributed by atoms with Gasteiger partial charge in [-0.3, -0.25) is 13.8 Å². The van der Waals surface area contributed by atoms with Crippen molar-refractivity contribution < 1.29 is 13.8 Å². The fraction of sp³-hybridized carbons (Fsp3) is 0.778. The zero-order chi connectivity index (χ0) is 11.6. The predicted octanol–water partition coefficient (Wildman–Crippen LogP) is -0.898. The fourth-order valence-corrected chi connectivity index (χ4v) is 1.98. The summed E-state index contributed by atoms with van der Waals surface area (Å²) < 4.78 is 10.9. The third kappa shape index (κ3) is 3.02. The quantitative estimate of drug-likeness (QED) is 0.686. The number of nitrogens with zero attached hydrogens (tertiary/aromatic N) is 1. The van der Waals surface area contributed by atoms with Gasteiger partial charge >= 0.3 is 0 Å². The minimum absolute atomic E-state index is 0.0689. The zero-order valence-corrected chi connectivity index (χ0v) is 10.0. The first-order valence-corrected chi connectivity index (χ1v) is 6.46. The van der Waals surface area contributed by atoms with Crippen molar-refractivity contribution in [3.8, 4) is 0 Å². The summed E-state index contributed by atoms with van der Waals surface area (Å²) in [5.74, 6) is 0.129. The van der Waals surface area contributed by atoms with Gasteiger partial charge in [-0.25, -0.2) is 0 Å². The van der Waals surface area contributed by atoms with Crippen molar-refractivity contribution in [1.29, 1.82) is 0 Å². The lowest BCUT2D eigenvalue weighted by Gasteiger charge is -2.37. The first-order chi connectivity index (χ1) is 6.83. The highest BCUT2D eigenvalue weighted by atomic mass is 32.2. The van der Waals surface area contributed by atoms with E-state index in [1.807, 2.05) is 0 Å². The molecular weight excluding hydrogens is 216 g/mol. The van der Waals surface area contributed by atoms with E-state index in [1.54, 1.807) is 20.1 Å². The maximum atomic E-state index is 11.8. The summed E-state index contributed by atoms with van der Waals surface area (Å²) in [6.45, 7) is 3.78. The van der Waals surface area contributed by atoms with Gasteiger partial charge in [-0.2, -0.15) is 0 Å². The molecule has 5 nitrogen and oxygen atoms in total. The van der Waals surface area contributed by atoms with Gasteiger partial charge in [0.25, 0.3) is 0 Å². The van der Waals surface area contributed by atoms with Crippen LogP contribution >= 0.6 is 0 Å². The van der Waals surface area contributed by atoms with Crippen molar-refractivity contribution in [2.45, 2.75) is 19.4 Å². The van der Waals surface area contributed by atoms with Crippen LogP contribution in [0.1, 0.15) is 13.8 Å². The lowest BCUT2D eigenvalue weighted by molar-refractivity contribution is -0.148. The number of hydrogen-bond donors (Lipinski definition) is 1. The van der Waals surface area contributed by atoms with Gasteiger partial charge in [0.1, 0.15) is 5.54 Å². The normalized spacial score (nSPS) is 22.5. The van der Waals surface area contributed by atoms with E-state index in [0.29, 0.717) is 12.3 Å². The Labute approximate surface area is 91.7 Å². The molecule has 0 aromatic carbocycles. The van der Waals surface area contributed by atoms with Crippen LogP contribution < -0.4 is 5.32 Å². The van der Waals surface area contributed by atoms with Crippen molar-refractivity contribution in [2.24, 2.45) is 0 Å². The van der Waals surface area contributed by atoms with Gasteiger partial charge in [-0.15, -0.1) is 0 Å². The standard InChI is InChI=1S/C9H16N2O3S/c1-9(2)8(13)11(4-5-15(3)14)6-7(12)10-9/h4-6H2,1-3H3,(H,10,12). The second kappa shape index (κ2) is 4.30. The summed E-state index contributed by atoms with van der Waals surface area (Å²) >= 11 is 0. The molecule has 2 amide bonds. The maximum Gasteiger partial charge on any atom is 0.248 e. The Kier molecular flexibility index (Phi) is 3.49. The Bertz CT molecular complexity index is 314. The second-order valence-electron chi connectivity index (χ2n) is 4.18. The van der Waals surface area contributed by atoms with Crippen LogP contribution in [-0.2, 0) is 20.4 Å². The zero-order valence-electron chi connectivity index (χ0n) is 9.20. The summed E-state index contributed by atoms with van der Waals surface area (Å²) in [5.41, 5.74) is -0.843. The SMILES string of the molecule is CS(=O)CCN1CC(=O)NC(C)(C)C1=O. The Balaban J connectivity index is 2.67. The topological polar surface area (TPSA) is 66.5 Å². The van der Waals surface area contributed by atoms with E-state index < -0.39 is 16.3 Å². The van der Waals surface area contributed by atoms with Crippen LogP contribution in [0.4, 0.5) is 0 Å². The second-order valence-corrected chi connectivity index (χ2v) is 5.73. The Morgan fingerprint density at radius 3 is 2.60 bits per heavy atom. The molecule has 0 saturated carbocycles. The Hall–Kier alpha value is -0.910. The highest BCUT2D eigenvalue weighted by Crippen LogP contribution is 2.12. The number of carbonyl (C=O) groups excluding carboxylic acids is 2. The molecule has 86 valence electrons. The highest BCUT2D eigenvalue weighted by molar-refractivity contribution is 7.84. The molecular formula is C9H16N2O3S. The van der Waals surface area contributed by atoms with E-state index in [-0.39, 0.29) is 18.4 Å². The number of carbonyl (C=O) groups is 2. The third-order valence-corrected chi connectivity index (χ3v) is 3.01. The molecule has 0 bridgehead atoms. The van der Waals surface area contributed by atoms with Crippen LogP contribution in [0.2, 0.25) is 0 Å². The first kappa shape index (κ1) is 12.2. The van der Waals surface area contributed by atoms with Gasteiger partial charge in [-0.05, 0) is 13.8 Å². The first-order valence-electron chi connectivity index (χ1n) is 4.73. The molecule has 0 aromatic rings. The number of nitrogens with one attached hydrogen (secondary N) is 1. The van der Waals surface area contributed by atoms with Crippen LogP contribution in [0.15, 0.2) is 0 Å². The summed E-state index contributed by atoms with van der Waals surface area (Å²) in [7, 11) is -0.944. The van der Waals surface area contributed by atoms with Crippen LogP contribution in [0.3, 0.4) is 0 Å². The molecule has 1 aliphatic heterocycles. The van der Waals surface area contributed by atoms with Gasteiger partial charge in [0.05, 0.1) is 6.54 Å². The number of piperazine rings is 1. The lowest BCUT2D eigenvalue weighted by atomic mass is 10.0. The Morgan fingerprint density at radius 2 is 2.07 bits per heavy atom. The number of rotatable bonds is 3. The molecule has 1 N–H and O–H groups in total. The number of amides is 2. The summed E-state index contributed by atoms with van der Waals surface area (Å²) in [6.07, 6.45) is 1.58. The molecule has 1 unspecified atom stereocenters. The van der Waals surface area contributed by atoms with E-state index in [2.05, 4.69) is 5.32 Å². The van der Waals surface area contributed by atoms with Crippen molar-refractivity contribution >= 4 is 22.6 Å². The molecule has 1 atom stereocenters. The van der Waals surface area contributed by atoms with Crippen molar-refractivity contribution in [2.75, 3.05) is 25.1 Å². The molecule has 1 aliphatic rings. The van der Waals surface area contributed by atoms with E-state index in [9.17, 15) is 13.8 Å². The molecule has 1 fully saturated rings. The minimum Gasteiger partial charge on any atom is -0.341 e. The average molecular weight is 232 g/mol. The molecule has 0 spiro atoms. The highest BCUT2D eigenvalue weighted by Gasteiger charge is 2.38. The predicted molar refractivity (Wildman–Crippen MR) is 57.7 cm³/mol. The summed E-state index contributed by atoms with van der Waals surface area (Å²) in [6, 6.07) is 0. The van der Waals surface area contributed by atoms with E-state index >= 15 is 0 Å². The average Bonchev–Trinajstić information content (AvgIpc) is 2.08. The fourth-order valence-electron chi connectivity index (χ4n) is 1.50. The van der Waals surface area contributed by atoms with Crippen molar-refractivity contribution in [3.63, 3.8) is 0 Å². The van der Waals surface area contributed by atoms with E-state index in [1.165, 1.54) is 4.90 Å². The monoisotopic (exact) mass is 232 g/mol. The van der Waals surface area contributed by atoms with E-state index in [0.717, 1.165) is 0 Å². The van der Waals surface area contributed by atoms with Crippen LogP contribution in [-0.4, -0.2) is 51.6 Å². The van der Waals surface area contributed by atoms with E-state index in [4.69, 9.17) is 0 Å². The summed E-state index contributed by atoms with van der Waals surface area (Å²) in [5, 5.41) is 2.62. The molecule has 1 heterocycles. The van der Waals surface area contributed by atoms with Crippen molar-refractivity contribution in [3.05, 3.63) is 0 Å². The number of hydrogen-bond acceptors (Lipinski definition) is 3. The van der Waals surface area contributed by atoms with Gasteiger partial charge in [0.15, 0.2) is 0 Å².